The van der Waals surface area contributed by atoms with Crippen LogP contribution < -0.4 is 5.32 Å². The second kappa shape index (κ2) is 5.28. The predicted octanol–water partition coefficient (Wildman–Crippen LogP) is 3.92. The molecule has 3 rings (SSSR count). The zero-order valence-corrected chi connectivity index (χ0v) is 12.4. The first-order chi connectivity index (χ1) is 9.22. The molecule has 0 heterocycles. The van der Waals surface area contributed by atoms with E-state index in [2.05, 4.69) is 43.4 Å². The van der Waals surface area contributed by atoms with Crippen molar-refractivity contribution in [3.8, 4) is 0 Å². The minimum absolute atomic E-state index is 0.448. The molecule has 1 aromatic carbocycles. The fraction of sp³-hybridized carbons (Fsp3) is 0.667. The molecule has 0 saturated heterocycles. The van der Waals surface area contributed by atoms with Gasteiger partial charge in [-0.3, -0.25) is 0 Å². The van der Waals surface area contributed by atoms with Crippen LogP contribution in [-0.4, -0.2) is 13.1 Å². The van der Waals surface area contributed by atoms with Crippen LogP contribution in [0.1, 0.15) is 50.7 Å². The van der Waals surface area contributed by atoms with Crippen molar-refractivity contribution in [2.45, 2.75) is 51.4 Å². The number of aryl methyl sites for hydroxylation is 1. The van der Waals surface area contributed by atoms with Crippen LogP contribution >= 0.6 is 0 Å². The fourth-order valence-electron chi connectivity index (χ4n) is 3.92. The summed E-state index contributed by atoms with van der Waals surface area (Å²) >= 11 is 0. The van der Waals surface area contributed by atoms with Gasteiger partial charge in [0.15, 0.2) is 0 Å². The molecule has 2 aliphatic rings. The first-order valence-corrected chi connectivity index (χ1v) is 8.01. The van der Waals surface area contributed by atoms with Gasteiger partial charge in [-0.25, -0.2) is 0 Å². The van der Waals surface area contributed by atoms with Crippen molar-refractivity contribution >= 4 is 0 Å². The van der Waals surface area contributed by atoms with E-state index in [0.29, 0.717) is 5.41 Å². The lowest BCUT2D eigenvalue weighted by molar-refractivity contribution is 0.292. The molecular weight excluding hydrogens is 230 g/mol. The summed E-state index contributed by atoms with van der Waals surface area (Å²) < 4.78 is 0. The van der Waals surface area contributed by atoms with Crippen molar-refractivity contribution in [2.24, 2.45) is 11.8 Å². The quantitative estimate of drug-likeness (QED) is 0.843. The number of hydrogen-bond donors (Lipinski definition) is 1. The first-order valence-electron chi connectivity index (χ1n) is 8.01. The fourth-order valence-corrected chi connectivity index (χ4v) is 3.92. The van der Waals surface area contributed by atoms with Crippen molar-refractivity contribution in [1.82, 2.24) is 5.32 Å². The van der Waals surface area contributed by atoms with Crippen LogP contribution in [0, 0.1) is 11.8 Å². The Morgan fingerprint density at radius 1 is 1.26 bits per heavy atom. The molecule has 104 valence electrons. The Labute approximate surface area is 117 Å². The Kier molecular flexibility index (Phi) is 3.66. The largest absolute Gasteiger partial charge is 0.316 e. The minimum Gasteiger partial charge on any atom is -0.316 e. The van der Waals surface area contributed by atoms with Gasteiger partial charge in [-0.05, 0) is 61.6 Å². The van der Waals surface area contributed by atoms with E-state index in [1.807, 2.05) is 0 Å². The predicted molar refractivity (Wildman–Crippen MR) is 81.5 cm³/mol. The summed E-state index contributed by atoms with van der Waals surface area (Å²) in [6.07, 6.45) is 6.93. The molecule has 1 unspecified atom stereocenters. The average Bonchev–Trinajstić information content (AvgIpc) is 3.23. The third-order valence-corrected chi connectivity index (χ3v) is 4.97. The van der Waals surface area contributed by atoms with E-state index in [-0.39, 0.29) is 0 Å². The topological polar surface area (TPSA) is 12.0 Å². The molecule has 0 spiro atoms. The van der Waals surface area contributed by atoms with Crippen LogP contribution in [0.5, 0.6) is 0 Å². The van der Waals surface area contributed by atoms with E-state index in [1.54, 1.807) is 11.1 Å². The summed E-state index contributed by atoms with van der Waals surface area (Å²) in [5, 5.41) is 3.76. The molecule has 1 fully saturated rings. The molecule has 1 nitrogen and oxygen atoms in total. The van der Waals surface area contributed by atoms with Crippen molar-refractivity contribution in [3.63, 3.8) is 0 Å². The summed E-state index contributed by atoms with van der Waals surface area (Å²) in [4.78, 5) is 0. The Balaban J connectivity index is 1.85. The van der Waals surface area contributed by atoms with E-state index in [4.69, 9.17) is 0 Å². The Hall–Kier alpha value is -0.820. The van der Waals surface area contributed by atoms with Crippen LogP contribution in [0.3, 0.4) is 0 Å². The zero-order valence-electron chi connectivity index (χ0n) is 12.4. The molecular formula is C18H27N. The number of hydrogen-bond acceptors (Lipinski definition) is 1. The molecule has 0 radical (unpaired) electrons. The maximum atomic E-state index is 3.76. The van der Waals surface area contributed by atoms with Gasteiger partial charge < -0.3 is 5.32 Å². The van der Waals surface area contributed by atoms with Gasteiger partial charge in [0.2, 0.25) is 0 Å². The van der Waals surface area contributed by atoms with Crippen molar-refractivity contribution in [2.75, 3.05) is 13.1 Å². The number of rotatable bonds is 5. The number of benzene rings is 1. The van der Waals surface area contributed by atoms with Gasteiger partial charge >= 0.3 is 0 Å². The maximum Gasteiger partial charge on any atom is 0.0109 e. The van der Waals surface area contributed by atoms with Gasteiger partial charge in [0.1, 0.15) is 0 Å². The van der Waals surface area contributed by atoms with E-state index in [1.165, 1.54) is 38.6 Å². The van der Waals surface area contributed by atoms with Crippen LogP contribution in [0.25, 0.3) is 0 Å². The summed E-state index contributed by atoms with van der Waals surface area (Å²) in [7, 11) is 0. The van der Waals surface area contributed by atoms with Gasteiger partial charge in [-0.2, -0.15) is 0 Å². The molecule has 2 aliphatic carbocycles. The van der Waals surface area contributed by atoms with E-state index >= 15 is 0 Å². The number of nitrogens with one attached hydrogen (secondary N) is 1. The highest BCUT2D eigenvalue weighted by Crippen LogP contribution is 2.52. The normalized spacial score (nSPS) is 26.5. The van der Waals surface area contributed by atoms with Crippen molar-refractivity contribution in [1.29, 1.82) is 0 Å². The Bertz CT molecular complexity index is 433. The molecule has 1 heteroatoms. The first kappa shape index (κ1) is 13.2. The number of fused-ring (bicyclic) bond motifs is 1. The van der Waals surface area contributed by atoms with Gasteiger partial charge in [-0.1, -0.05) is 38.1 Å². The highest BCUT2D eigenvalue weighted by molar-refractivity contribution is 5.39. The van der Waals surface area contributed by atoms with Crippen LogP contribution in [0.15, 0.2) is 24.3 Å². The lowest BCUT2D eigenvalue weighted by Gasteiger charge is -2.40. The smallest absolute Gasteiger partial charge is 0.0109 e. The monoisotopic (exact) mass is 257 g/mol. The highest BCUT2D eigenvalue weighted by atomic mass is 14.9. The molecule has 0 aromatic heterocycles. The van der Waals surface area contributed by atoms with Gasteiger partial charge in [-0.15, -0.1) is 0 Å². The second-order valence-corrected chi connectivity index (χ2v) is 6.97. The standard InChI is InChI=1S/C18H27N/c1-14(2)12-19-13-18(16-9-10-16)11-5-7-15-6-3-4-8-17(15)18/h3-4,6,8,14,16,19H,5,7,9-13H2,1-2H3. The highest BCUT2D eigenvalue weighted by Gasteiger charge is 2.47. The molecule has 0 bridgehead atoms. The molecule has 0 aliphatic heterocycles. The molecule has 1 atom stereocenters. The van der Waals surface area contributed by atoms with Gasteiger partial charge in [0, 0.05) is 12.0 Å². The SMILES string of the molecule is CC(C)CNCC1(C2CC2)CCCc2ccccc21. The van der Waals surface area contributed by atoms with E-state index in [9.17, 15) is 0 Å². The van der Waals surface area contributed by atoms with Crippen LogP contribution in [-0.2, 0) is 11.8 Å². The van der Waals surface area contributed by atoms with Crippen molar-refractivity contribution in [3.05, 3.63) is 35.4 Å². The average molecular weight is 257 g/mol. The summed E-state index contributed by atoms with van der Waals surface area (Å²) in [5.74, 6) is 1.68. The van der Waals surface area contributed by atoms with E-state index in [0.717, 1.165) is 18.4 Å². The van der Waals surface area contributed by atoms with E-state index < -0.39 is 0 Å². The molecule has 0 amide bonds. The molecule has 1 N–H and O–H groups in total. The summed E-state index contributed by atoms with van der Waals surface area (Å²) in [5.41, 5.74) is 3.73. The summed E-state index contributed by atoms with van der Waals surface area (Å²) in [6, 6.07) is 9.21. The van der Waals surface area contributed by atoms with Crippen LogP contribution in [0.4, 0.5) is 0 Å². The second-order valence-electron chi connectivity index (χ2n) is 6.97. The molecule has 1 saturated carbocycles. The third kappa shape index (κ3) is 2.58. The molecule has 19 heavy (non-hydrogen) atoms. The Morgan fingerprint density at radius 2 is 2.05 bits per heavy atom. The van der Waals surface area contributed by atoms with Gasteiger partial charge in [0.25, 0.3) is 0 Å². The Morgan fingerprint density at radius 3 is 2.79 bits per heavy atom. The lowest BCUT2D eigenvalue weighted by Crippen LogP contribution is -2.43. The maximum absolute atomic E-state index is 3.76. The van der Waals surface area contributed by atoms with Crippen molar-refractivity contribution < 1.29 is 0 Å². The third-order valence-electron chi connectivity index (χ3n) is 4.97. The van der Waals surface area contributed by atoms with Gasteiger partial charge in [0.05, 0.1) is 0 Å². The lowest BCUT2D eigenvalue weighted by atomic mass is 9.66. The minimum atomic E-state index is 0.448. The zero-order chi connectivity index (χ0) is 13.3. The summed E-state index contributed by atoms with van der Waals surface area (Å²) in [6.45, 7) is 6.93. The van der Waals surface area contributed by atoms with Crippen LogP contribution in [0.2, 0.25) is 0 Å². The molecule has 1 aromatic rings.